The number of amides is 1. The number of ether oxygens (including phenoxy) is 1. The van der Waals surface area contributed by atoms with Gasteiger partial charge in [0.2, 0.25) is 5.91 Å². The molecule has 3 unspecified atom stereocenters. The Balaban J connectivity index is 4.57. The number of esters is 1. The predicted octanol–water partition coefficient (Wildman–Crippen LogP) is 16.3. The van der Waals surface area contributed by atoms with Gasteiger partial charge in [-0.1, -0.05) is 251 Å². The van der Waals surface area contributed by atoms with Crippen LogP contribution in [0.5, 0.6) is 0 Å². The minimum absolute atomic E-state index is 0.0726. The molecule has 6 heteroatoms. The van der Waals surface area contributed by atoms with Crippen molar-refractivity contribution in [3.05, 3.63) is 24.3 Å². The lowest BCUT2D eigenvalue weighted by Crippen LogP contribution is -2.46. The molecular formula is C55H105NO5. The molecule has 3 N–H and O–H groups in total. The fourth-order valence-corrected chi connectivity index (χ4v) is 8.42. The first-order chi connectivity index (χ1) is 30.0. The van der Waals surface area contributed by atoms with E-state index in [0.29, 0.717) is 19.3 Å². The number of aliphatic hydroxyl groups excluding tert-OH is 2. The summed E-state index contributed by atoms with van der Waals surface area (Å²) in [5.41, 5.74) is 0. The molecule has 0 saturated heterocycles. The molecule has 61 heavy (non-hydrogen) atoms. The van der Waals surface area contributed by atoms with E-state index in [4.69, 9.17) is 4.74 Å². The first kappa shape index (κ1) is 59.3. The molecule has 6 nitrogen and oxygen atoms in total. The first-order valence-electron chi connectivity index (χ1n) is 27.1. The van der Waals surface area contributed by atoms with E-state index in [0.717, 1.165) is 57.8 Å². The summed E-state index contributed by atoms with van der Waals surface area (Å²) in [7, 11) is 0. The molecule has 0 aromatic heterocycles. The predicted molar refractivity (Wildman–Crippen MR) is 264 cm³/mol. The largest absolute Gasteiger partial charge is 0.462 e. The highest BCUT2D eigenvalue weighted by Crippen LogP contribution is 2.18. The van der Waals surface area contributed by atoms with E-state index in [9.17, 15) is 19.8 Å². The van der Waals surface area contributed by atoms with Gasteiger partial charge in [0.05, 0.1) is 25.2 Å². The van der Waals surface area contributed by atoms with Crippen molar-refractivity contribution in [3.8, 4) is 0 Å². The molecular weight excluding hydrogens is 755 g/mol. The summed E-state index contributed by atoms with van der Waals surface area (Å²) in [5, 5.41) is 23.8. The maximum Gasteiger partial charge on any atom is 0.306 e. The average Bonchev–Trinajstić information content (AvgIpc) is 3.25. The second-order valence-corrected chi connectivity index (χ2v) is 18.7. The fourth-order valence-electron chi connectivity index (χ4n) is 8.42. The smallest absolute Gasteiger partial charge is 0.306 e. The summed E-state index contributed by atoms with van der Waals surface area (Å²) in [5.74, 6) is -0.489. The quantitative estimate of drug-likeness (QED) is 0.0322. The number of allylic oxidation sites excluding steroid dienone is 4. The van der Waals surface area contributed by atoms with Crippen molar-refractivity contribution in [2.75, 3.05) is 6.61 Å². The van der Waals surface area contributed by atoms with Crippen molar-refractivity contribution in [1.82, 2.24) is 5.32 Å². The van der Waals surface area contributed by atoms with Gasteiger partial charge in [-0.2, -0.15) is 0 Å². The zero-order valence-corrected chi connectivity index (χ0v) is 41.1. The van der Waals surface area contributed by atoms with Gasteiger partial charge in [0.25, 0.3) is 0 Å². The van der Waals surface area contributed by atoms with Crippen molar-refractivity contribution in [2.45, 2.75) is 309 Å². The summed E-state index contributed by atoms with van der Waals surface area (Å²) in [4.78, 5) is 26.2. The molecule has 0 aromatic carbocycles. The van der Waals surface area contributed by atoms with Crippen LogP contribution >= 0.6 is 0 Å². The lowest BCUT2D eigenvalue weighted by Gasteiger charge is -2.24. The third-order valence-electron chi connectivity index (χ3n) is 12.6. The van der Waals surface area contributed by atoms with Crippen LogP contribution in [0.1, 0.15) is 290 Å². The number of hydrogen-bond donors (Lipinski definition) is 3. The van der Waals surface area contributed by atoms with Crippen LogP contribution < -0.4 is 5.32 Å². The van der Waals surface area contributed by atoms with Crippen LogP contribution in [0.25, 0.3) is 0 Å². The Morgan fingerprint density at radius 1 is 0.475 bits per heavy atom. The maximum atomic E-state index is 13.2. The summed E-state index contributed by atoms with van der Waals surface area (Å²) in [6.45, 7) is 6.49. The molecule has 0 aliphatic carbocycles. The van der Waals surface area contributed by atoms with Gasteiger partial charge < -0.3 is 20.3 Å². The molecule has 3 atom stereocenters. The van der Waals surface area contributed by atoms with Crippen LogP contribution in [0, 0.1) is 0 Å². The van der Waals surface area contributed by atoms with Crippen molar-refractivity contribution in [1.29, 1.82) is 0 Å². The number of aliphatic hydroxyl groups is 2. The van der Waals surface area contributed by atoms with Crippen LogP contribution in [0.3, 0.4) is 0 Å². The van der Waals surface area contributed by atoms with Gasteiger partial charge in [0, 0.05) is 6.42 Å². The lowest BCUT2D eigenvalue weighted by molar-refractivity contribution is -0.151. The molecule has 0 aliphatic heterocycles. The van der Waals surface area contributed by atoms with Crippen molar-refractivity contribution >= 4 is 11.9 Å². The molecule has 0 aliphatic rings. The van der Waals surface area contributed by atoms with Crippen LogP contribution in [0.15, 0.2) is 24.3 Å². The molecule has 360 valence electrons. The molecule has 0 fully saturated rings. The zero-order valence-electron chi connectivity index (χ0n) is 41.1. The van der Waals surface area contributed by atoms with Gasteiger partial charge in [0.15, 0.2) is 0 Å². The highest BCUT2D eigenvalue weighted by Gasteiger charge is 2.24. The van der Waals surface area contributed by atoms with Gasteiger partial charge in [-0.3, -0.25) is 9.59 Å². The third kappa shape index (κ3) is 44.7. The maximum absolute atomic E-state index is 13.2. The van der Waals surface area contributed by atoms with E-state index in [1.165, 1.54) is 186 Å². The number of carbonyl (C=O) groups excluding carboxylic acids is 2. The zero-order chi connectivity index (χ0) is 44.5. The van der Waals surface area contributed by atoms with Gasteiger partial charge in [-0.05, 0) is 51.4 Å². The Kier molecular flexibility index (Phi) is 48.0. The molecule has 0 saturated carbocycles. The van der Waals surface area contributed by atoms with E-state index in [1.54, 1.807) is 0 Å². The summed E-state index contributed by atoms with van der Waals surface area (Å²) >= 11 is 0. The highest BCUT2D eigenvalue weighted by molar-refractivity contribution is 5.77. The molecule has 0 bridgehead atoms. The van der Waals surface area contributed by atoms with Gasteiger partial charge >= 0.3 is 5.97 Å². The molecule has 0 aromatic rings. The first-order valence-corrected chi connectivity index (χ1v) is 27.1. The van der Waals surface area contributed by atoms with Crippen molar-refractivity contribution < 1.29 is 24.5 Å². The topological polar surface area (TPSA) is 95.9 Å². The van der Waals surface area contributed by atoms with Gasteiger partial charge in [-0.15, -0.1) is 0 Å². The number of carbonyl (C=O) groups is 2. The van der Waals surface area contributed by atoms with Gasteiger partial charge in [-0.25, -0.2) is 0 Å². The third-order valence-corrected chi connectivity index (χ3v) is 12.6. The number of unbranched alkanes of at least 4 members (excludes halogenated alkanes) is 34. The Bertz CT molecular complexity index is 966. The summed E-state index contributed by atoms with van der Waals surface area (Å²) in [6.07, 6.45) is 56.6. The standard InChI is InChI=1S/C55H105NO5/c1-4-7-10-13-16-19-22-25-26-27-30-33-36-39-42-45-48-55(60)61-51(46-43-40-37-34-31-28-23-20-17-14-11-8-5-2)49-54(59)56-52(50-57)53(58)47-44-41-38-35-32-29-24-21-18-15-12-9-6-3/h26-27,30,33,51-53,57-58H,4-25,28-29,31-32,34-50H2,1-3H3,(H,56,59)/b27-26+,33-30+. The minimum Gasteiger partial charge on any atom is -0.462 e. The highest BCUT2D eigenvalue weighted by atomic mass is 16.5. The second-order valence-electron chi connectivity index (χ2n) is 18.7. The van der Waals surface area contributed by atoms with Crippen LogP contribution in [-0.4, -0.2) is 46.9 Å². The molecule has 0 radical (unpaired) electrons. The van der Waals surface area contributed by atoms with Crippen LogP contribution in [0.2, 0.25) is 0 Å². The Hall–Kier alpha value is -1.66. The van der Waals surface area contributed by atoms with E-state index in [2.05, 4.69) is 50.4 Å². The number of nitrogens with one attached hydrogen (secondary N) is 1. The molecule has 0 rings (SSSR count). The minimum atomic E-state index is -0.788. The molecule has 1 amide bonds. The van der Waals surface area contributed by atoms with E-state index >= 15 is 0 Å². The van der Waals surface area contributed by atoms with E-state index in [1.807, 2.05) is 0 Å². The second kappa shape index (κ2) is 49.4. The van der Waals surface area contributed by atoms with Crippen LogP contribution in [-0.2, 0) is 14.3 Å². The normalized spacial score (nSPS) is 13.3. The Morgan fingerprint density at radius 2 is 0.820 bits per heavy atom. The summed E-state index contributed by atoms with van der Waals surface area (Å²) in [6, 6.07) is -0.702. The van der Waals surface area contributed by atoms with Crippen molar-refractivity contribution in [3.63, 3.8) is 0 Å². The average molecular weight is 860 g/mol. The van der Waals surface area contributed by atoms with E-state index < -0.39 is 18.2 Å². The SMILES string of the molecule is CCCCCCCCC/C=C/C=C/CCCCCC(=O)OC(CCCCCCCCCCCCCCC)CC(=O)NC(CO)C(O)CCCCCCCCCCCCCCC. The number of hydrogen-bond acceptors (Lipinski definition) is 5. The summed E-state index contributed by atoms with van der Waals surface area (Å²) < 4.78 is 5.93. The van der Waals surface area contributed by atoms with Crippen LogP contribution in [0.4, 0.5) is 0 Å². The number of rotatable bonds is 49. The van der Waals surface area contributed by atoms with Gasteiger partial charge in [0.1, 0.15) is 6.10 Å². The monoisotopic (exact) mass is 860 g/mol. The fraction of sp³-hybridized carbons (Fsp3) is 0.891. The Labute approximate surface area is 380 Å². The molecule has 0 spiro atoms. The van der Waals surface area contributed by atoms with Crippen molar-refractivity contribution in [2.24, 2.45) is 0 Å². The lowest BCUT2D eigenvalue weighted by atomic mass is 10.0. The molecule has 0 heterocycles. The van der Waals surface area contributed by atoms with E-state index in [-0.39, 0.29) is 24.9 Å². The Morgan fingerprint density at radius 3 is 1.21 bits per heavy atom.